The van der Waals surface area contributed by atoms with Gasteiger partial charge in [0.2, 0.25) is 0 Å². The summed E-state index contributed by atoms with van der Waals surface area (Å²) >= 11 is 0. The molecule has 0 unspecified atom stereocenters. The van der Waals surface area contributed by atoms with E-state index in [4.69, 9.17) is 0 Å². The lowest BCUT2D eigenvalue weighted by molar-refractivity contribution is 0.0896. The Morgan fingerprint density at radius 3 is 2.78 bits per heavy atom. The lowest BCUT2D eigenvalue weighted by atomic mass is 9.82. The fraction of sp³-hybridized carbons (Fsp3) is 0.500. The third-order valence-electron chi connectivity index (χ3n) is 3.32. The van der Waals surface area contributed by atoms with Crippen LogP contribution in [0.1, 0.15) is 37.0 Å². The summed E-state index contributed by atoms with van der Waals surface area (Å²) in [4.78, 5) is 12.1. The van der Waals surface area contributed by atoms with Crippen LogP contribution in [-0.4, -0.2) is 18.5 Å². The number of benzene rings is 1. The highest BCUT2D eigenvalue weighted by Crippen LogP contribution is 2.27. The molecule has 1 aromatic carbocycles. The van der Waals surface area contributed by atoms with Crippen molar-refractivity contribution in [3.63, 3.8) is 0 Å². The minimum Gasteiger partial charge on any atom is -0.382 e. The summed E-state index contributed by atoms with van der Waals surface area (Å²) in [6.45, 7) is 4.62. The molecule has 0 spiro atoms. The molecule has 2 N–H and O–H groups in total. The molecule has 4 heteroatoms. The molecule has 98 valence electrons. The Hall–Kier alpha value is -1.58. The first-order chi connectivity index (χ1) is 8.61. The topological polar surface area (TPSA) is 41.1 Å². The number of halogens is 1. The predicted octanol–water partition coefficient (Wildman–Crippen LogP) is 2.79. The van der Waals surface area contributed by atoms with Gasteiger partial charge in [-0.2, -0.15) is 0 Å². The van der Waals surface area contributed by atoms with Crippen LogP contribution < -0.4 is 10.6 Å². The Labute approximate surface area is 107 Å². The van der Waals surface area contributed by atoms with E-state index in [-0.39, 0.29) is 17.8 Å². The van der Waals surface area contributed by atoms with Crippen molar-refractivity contribution in [3.8, 4) is 0 Å². The molecule has 1 fully saturated rings. The number of amides is 1. The van der Waals surface area contributed by atoms with Gasteiger partial charge in [-0.1, -0.05) is 13.0 Å². The van der Waals surface area contributed by atoms with Crippen molar-refractivity contribution in [2.75, 3.05) is 11.9 Å². The summed E-state index contributed by atoms with van der Waals surface area (Å²) in [5.74, 6) is 0.102. The van der Waals surface area contributed by atoms with Gasteiger partial charge < -0.3 is 10.6 Å². The predicted molar refractivity (Wildman–Crippen MR) is 70.2 cm³/mol. The monoisotopic (exact) mass is 250 g/mol. The average molecular weight is 250 g/mol. The van der Waals surface area contributed by atoms with Crippen LogP contribution in [0.3, 0.4) is 0 Å². The van der Waals surface area contributed by atoms with Gasteiger partial charge in [-0.15, -0.1) is 0 Å². The van der Waals surface area contributed by atoms with E-state index >= 15 is 0 Å². The number of carbonyl (C=O) groups excluding carboxylic acids is 1. The summed E-state index contributed by atoms with van der Waals surface area (Å²) < 4.78 is 13.7. The molecule has 0 aromatic heterocycles. The summed E-state index contributed by atoms with van der Waals surface area (Å²) in [5.41, 5.74) is 0.682. The molecule has 2 rings (SSSR count). The van der Waals surface area contributed by atoms with Crippen LogP contribution in [0, 0.1) is 11.7 Å². The van der Waals surface area contributed by atoms with Crippen LogP contribution in [0.25, 0.3) is 0 Å². The highest BCUT2D eigenvalue weighted by molar-refractivity contribution is 5.99. The maximum absolute atomic E-state index is 13.7. The minimum atomic E-state index is -0.383. The molecule has 0 heterocycles. The lowest BCUT2D eigenvalue weighted by Gasteiger charge is -2.33. The van der Waals surface area contributed by atoms with Gasteiger partial charge >= 0.3 is 0 Å². The molecular formula is C14H19FN2O. The molecule has 0 aliphatic heterocycles. The fourth-order valence-electron chi connectivity index (χ4n) is 2.35. The zero-order valence-corrected chi connectivity index (χ0v) is 10.8. The molecular weight excluding hydrogens is 231 g/mol. The van der Waals surface area contributed by atoms with Crippen molar-refractivity contribution in [1.29, 1.82) is 0 Å². The zero-order valence-electron chi connectivity index (χ0n) is 10.8. The molecule has 1 aliphatic carbocycles. The number of rotatable bonds is 4. The van der Waals surface area contributed by atoms with Gasteiger partial charge in [-0.05, 0) is 37.8 Å². The van der Waals surface area contributed by atoms with Crippen molar-refractivity contribution in [2.45, 2.75) is 32.7 Å². The van der Waals surface area contributed by atoms with E-state index in [0.29, 0.717) is 23.7 Å². The van der Waals surface area contributed by atoms with Gasteiger partial charge in [0.15, 0.2) is 0 Å². The highest BCUT2D eigenvalue weighted by Gasteiger charge is 2.27. The Balaban J connectivity index is 2.11. The van der Waals surface area contributed by atoms with Crippen LogP contribution in [0.5, 0.6) is 0 Å². The largest absolute Gasteiger partial charge is 0.382 e. The molecule has 0 saturated heterocycles. The summed E-state index contributed by atoms with van der Waals surface area (Å²) in [7, 11) is 0. The van der Waals surface area contributed by atoms with E-state index in [1.807, 2.05) is 6.92 Å². The first kappa shape index (κ1) is 12.9. The van der Waals surface area contributed by atoms with E-state index in [9.17, 15) is 9.18 Å². The molecule has 1 aromatic rings. The first-order valence-corrected chi connectivity index (χ1v) is 6.45. The molecule has 0 atom stereocenters. The molecule has 18 heavy (non-hydrogen) atoms. The zero-order chi connectivity index (χ0) is 13.1. The van der Waals surface area contributed by atoms with Gasteiger partial charge in [-0.25, -0.2) is 4.39 Å². The molecule has 3 nitrogen and oxygen atoms in total. The Morgan fingerprint density at radius 2 is 2.17 bits per heavy atom. The SMILES string of the molecule is CCNc1c(F)cccc1C(=O)NC1CC(C)C1. The van der Waals surface area contributed by atoms with Crippen LogP contribution >= 0.6 is 0 Å². The van der Waals surface area contributed by atoms with Gasteiger partial charge in [0, 0.05) is 12.6 Å². The third kappa shape index (κ3) is 2.63. The summed E-state index contributed by atoms with van der Waals surface area (Å²) in [6, 6.07) is 4.82. The van der Waals surface area contributed by atoms with Crippen molar-refractivity contribution in [3.05, 3.63) is 29.6 Å². The molecule has 0 bridgehead atoms. The maximum Gasteiger partial charge on any atom is 0.253 e. The van der Waals surface area contributed by atoms with E-state index in [0.717, 1.165) is 12.8 Å². The Morgan fingerprint density at radius 1 is 1.44 bits per heavy atom. The highest BCUT2D eigenvalue weighted by atomic mass is 19.1. The smallest absolute Gasteiger partial charge is 0.253 e. The lowest BCUT2D eigenvalue weighted by Crippen LogP contribution is -2.43. The standard InChI is InChI=1S/C14H19FN2O/c1-3-16-13-11(5-4-6-12(13)15)14(18)17-10-7-9(2)8-10/h4-6,9-10,16H,3,7-8H2,1-2H3,(H,17,18). The maximum atomic E-state index is 13.7. The Kier molecular flexibility index (Phi) is 3.84. The number of hydrogen-bond acceptors (Lipinski definition) is 2. The summed E-state index contributed by atoms with van der Waals surface area (Å²) in [5, 5.41) is 5.85. The van der Waals surface area contributed by atoms with E-state index in [1.54, 1.807) is 12.1 Å². The van der Waals surface area contributed by atoms with Gasteiger partial charge in [0.05, 0.1) is 11.3 Å². The second kappa shape index (κ2) is 5.38. The number of carbonyl (C=O) groups is 1. The second-order valence-electron chi connectivity index (χ2n) is 4.94. The van der Waals surface area contributed by atoms with Crippen molar-refractivity contribution < 1.29 is 9.18 Å². The van der Waals surface area contributed by atoms with E-state index in [1.165, 1.54) is 6.07 Å². The van der Waals surface area contributed by atoms with Crippen molar-refractivity contribution >= 4 is 11.6 Å². The van der Waals surface area contributed by atoms with Gasteiger partial charge in [-0.3, -0.25) is 4.79 Å². The molecule has 0 radical (unpaired) electrons. The van der Waals surface area contributed by atoms with Crippen molar-refractivity contribution in [1.82, 2.24) is 5.32 Å². The Bertz CT molecular complexity index is 441. The van der Waals surface area contributed by atoms with Crippen LogP contribution in [0.15, 0.2) is 18.2 Å². The van der Waals surface area contributed by atoms with E-state index in [2.05, 4.69) is 17.6 Å². The molecule has 1 aliphatic rings. The van der Waals surface area contributed by atoms with Gasteiger partial charge in [0.25, 0.3) is 5.91 Å². The van der Waals surface area contributed by atoms with Crippen molar-refractivity contribution in [2.24, 2.45) is 5.92 Å². The number of hydrogen-bond donors (Lipinski definition) is 2. The van der Waals surface area contributed by atoms with Crippen LogP contribution in [-0.2, 0) is 0 Å². The van der Waals surface area contributed by atoms with Crippen LogP contribution in [0.2, 0.25) is 0 Å². The third-order valence-corrected chi connectivity index (χ3v) is 3.32. The minimum absolute atomic E-state index is 0.192. The fourth-order valence-corrected chi connectivity index (χ4v) is 2.35. The quantitative estimate of drug-likeness (QED) is 0.862. The molecule has 1 amide bonds. The average Bonchev–Trinajstić information content (AvgIpc) is 2.30. The van der Waals surface area contributed by atoms with Crippen LogP contribution in [0.4, 0.5) is 10.1 Å². The normalized spacial score (nSPS) is 22.2. The molecule has 1 saturated carbocycles. The summed E-state index contributed by atoms with van der Waals surface area (Å²) in [6.07, 6.45) is 2.02. The second-order valence-corrected chi connectivity index (χ2v) is 4.94. The number of nitrogens with one attached hydrogen (secondary N) is 2. The number of anilines is 1. The first-order valence-electron chi connectivity index (χ1n) is 6.45. The van der Waals surface area contributed by atoms with E-state index < -0.39 is 0 Å². The van der Waals surface area contributed by atoms with Gasteiger partial charge in [0.1, 0.15) is 5.82 Å². The number of para-hydroxylation sites is 1.